The van der Waals surface area contributed by atoms with Crippen LogP contribution in [0.2, 0.25) is 0 Å². The minimum atomic E-state index is 0.0250. The monoisotopic (exact) mass is 394 g/mol. The molecular weight excluding hydrogens is 364 g/mol. The third-order valence-corrected chi connectivity index (χ3v) is 6.60. The average Bonchev–Trinajstić information content (AvgIpc) is 2.74. The Hall–Kier alpha value is -2.38. The van der Waals surface area contributed by atoms with Crippen LogP contribution < -0.4 is 16.0 Å². The molecule has 1 atom stereocenters. The van der Waals surface area contributed by atoms with Gasteiger partial charge >= 0.3 is 0 Å². The predicted octanol–water partition coefficient (Wildman–Crippen LogP) is 2.52. The molecule has 4 heterocycles. The molecule has 154 valence electrons. The highest BCUT2D eigenvalue weighted by Crippen LogP contribution is 2.37. The van der Waals surface area contributed by atoms with Crippen LogP contribution in [0.25, 0.3) is 11.3 Å². The van der Waals surface area contributed by atoms with Gasteiger partial charge in [0.25, 0.3) is 0 Å². The number of hydrogen-bond donors (Lipinski definition) is 4. The smallest absolute Gasteiger partial charge is 0.172 e. The van der Waals surface area contributed by atoms with Gasteiger partial charge in [0.1, 0.15) is 5.75 Å². The molecule has 5 rings (SSSR count). The lowest BCUT2D eigenvalue weighted by atomic mass is 9.86. The fourth-order valence-electron chi connectivity index (χ4n) is 5.08. The van der Waals surface area contributed by atoms with Crippen molar-refractivity contribution in [3.05, 3.63) is 30.3 Å². The number of piperidine rings is 2. The highest BCUT2D eigenvalue weighted by molar-refractivity contribution is 5.76. The van der Waals surface area contributed by atoms with Crippen LogP contribution in [0.15, 0.2) is 30.3 Å². The number of phenols is 1. The summed E-state index contributed by atoms with van der Waals surface area (Å²) in [6.45, 7) is 6.63. The van der Waals surface area contributed by atoms with Gasteiger partial charge in [0.15, 0.2) is 5.82 Å². The van der Waals surface area contributed by atoms with Gasteiger partial charge in [-0.1, -0.05) is 12.1 Å². The lowest BCUT2D eigenvalue weighted by Gasteiger charge is -2.47. The first-order valence-electron chi connectivity index (χ1n) is 10.8. The summed E-state index contributed by atoms with van der Waals surface area (Å²) in [6, 6.07) is 9.29. The highest BCUT2D eigenvalue weighted by atomic mass is 16.3. The van der Waals surface area contributed by atoms with Gasteiger partial charge < -0.3 is 26.0 Å². The number of aromatic nitrogens is 2. The Morgan fingerprint density at radius 3 is 2.90 bits per heavy atom. The van der Waals surface area contributed by atoms with Gasteiger partial charge in [0.2, 0.25) is 0 Å². The number of phenolic OH excluding ortho intramolecular Hbond substituents is 1. The van der Waals surface area contributed by atoms with Crippen LogP contribution in [0.3, 0.4) is 0 Å². The van der Waals surface area contributed by atoms with Crippen molar-refractivity contribution in [3.8, 4) is 17.0 Å². The SMILES string of the molecule is Oc1ccccc1-c1cc2c(nn1)NCC1(CCCN(CC3CCNCC3)C1)N2. The van der Waals surface area contributed by atoms with E-state index >= 15 is 0 Å². The average molecular weight is 395 g/mol. The molecule has 7 heteroatoms. The van der Waals surface area contributed by atoms with Gasteiger partial charge in [0.05, 0.1) is 16.9 Å². The van der Waals surface area contributed by atoms with Crippen molar-refractivity contribution in [1.29, 1.82) is 0 Å². The number of likely N-dealkylation sites (tertiary alicyclic amines) is 1. The maximum Gasteiger partial charge on any atom is 0.172 e. The van der Waals surface area contributed by atoms with Crippen molar-refractivity contribution >= 4 is 11.5 Å². The summed E-state index contributed by atoms with van der Waals surface area (Å²) in [5, 5.41) is 29.7. The molecule has 1 spiro atoms. The van der Waals surface area contributed by atoms with E-state index in [9.17, 15) is 5.11 Å². The van der Waals surface area contributed by atoms with Crippen molar-refractivity contribution in [2.45, 2.75) is 31.2 Å². The molecule has 2 aromatic rings. The summed E-state index contributed by atoms with van der Waals surface area (Å²) < 4.78 is 0. The molecule has 4 N–H and O–H groups in total. The molecule has 3 aliphatic heterocycles. The Labute approximate surface area is 171 Å². The van der Waals surface area contributed by atoms with E-state index in [1.807, 2.05) is 24.3 Å². The molecule has 0 radical (unpaired) electrons. The Morgan fingerprint density at radius 1 is 1.17 bits per heavy atom. The zero-order valence-corrected chi connectivity index (χ0v) is 16.8. The zero-order valence-electron chi connectivity index (χ0n) is 16.8. The first-order valence-corrected chi connectivity index (χ1v) is 10.8. The van der Waals surface area contributed by atoms with E-state index in [0.717, 1.165) is 50.0 Å². The van der Waals surface area contributed by atoms with Crippen molar-refractivity contribution in [2.24, 2.45) is 5.92 Å². The fraction of sp³-hybridized carbons (Fsp3) is 0.545. The van der Waals surface area contributed by atoms with Crippen LogP contribution in [0.5, 0.6) is 5.75 Å². The molecule has 1 aromatic heterocycles. The Bertz CT molecular complexity index is 868. The van der Waals surface area contributed by atoms with E-state index in [1.54, 1.807) is 6.07 Å². The third kappa shape index (κ3) is 3.89. The van der Waals surface area contributed by atoms with Crippen LogP contribution in [-0.4, -0.2) is 65.0 Å². The number of rotatable bonds is 3. The van der Waals surface area contributed by atoms with E-state index in [-0.39, 0.29) is 11.3 Å². The molecule has 2 saturated heterocycles. The van der Waals surface area contributed by atoms with Crippen LogP contribution in [0.4, 0.5) is 11.5 Å². The number of nitrogens with zero attached hydrogens (tertiary/aromatic N) is 3. The summed E-state index contributed by atoms with van der Waals surface area (Å²) in [7, 11) is 0. The van der Waals surface area contributed by atoms with Gasteiger partial charge in [-0.15, -0.1) is 10.2 Å². The van der Waals surface area contributed by atoms with Crippen LogP contribution in [0, 0.1) is 5.92 Å². The van der Waals surface area contributed by atoms with Crippen molar-refractivity contribution in [3.63, 3.8) is 0 Å². The summed E-state index contributed by atoms with van der Waals surface area (Å²) in [6.07, 6.45) is 4.94. The molecule has 1 unspecified atom stereocenters. The largest absolute Gasteiger partial charge is 0.507 e. The summed E-state index contributed by atoms with van der Waals surface area (Å²) in [5.74, 6) is 1.84. The first kappa shape index (κ1) is 18.6. The second-order valence-electron chi connectivity index (χ2n) is 8.80. The van der Waals surface area contributed by atoms with Crippen LogP contribution in [-0.2, 0) is 0 Å². The van der Waals surface area contributed by atoms with Crippen molar-refractivity contribution in [2.75, 3.05) is 49.9 Å². The predicted molar refractivity (Wildman–Crippen MR) is 115 cm³/mol. The molecule has 1 aromatic carbocycles. The molecule has 3 aliphatic rings. The quantitative estimate of drug-likeness (QED) is 0.636. The normalized spacial score (nSPS) is 25.2. The molecule has 0 bridgehead atoms. The Balaban J connectivity index is 1.34. The van der Waals surface area contributed by atoms with Crippen molar-refractivity contribution in [1.82, 2.24) is 20.4 Å². The van der Waals surface area contributed by atoms with E-state index in [2.05, 4.69) is 31.0 Å². The van der Waals surface area contributed by atoms with Gasteiger partial charge in [-0.05, 0) is 69.4 Å². The lowest BCUT2D eigenvalue weighted by Crippen LogP contribution is -2.59. The molecule has 0 aliphatic carbocycles. The Morgan fingerprint density at radius 2 is 2.03 bits per heavy atom. The van der Waals surface area contributed by atoms with Gasteiger partial charge in [0, 0.05) is 25.2 Å². The molecule has 7 nitrogen and oxygen atoms in total. The van der Waals surface area contributed by atoms with Gasteiger partial charge in [-0.25, -0.2) is 0 Å². The van der Waals surface area contributed by atoms with Crippen molar-refractivity contribution < 1.29 is 5.11 Å². The molecular formula is C22H30N6O. The lowest BCUT2D eigenvalue weighted by molar-refractivity contribution is 0.135. The van der Waals surface area contributed by atoms with Crippen LogP contribution in [0.1, 0.15) is 25.7 Å². The molecule has 29 heavy (non-hydrogen) atoms. The minimum absolute atomic E-state index is 0.0250. The maximum atomic E-state index is 10.2. The van der Waals surface area contributed by atoms with E-state index in [4.69, 9.17) is 0 Å². The summed E-state index contributed by atoms with van der Waals surface area (Å²) >= 11 is 0. The zero-order chi connectivity index (χ0) is 19.7. The number of nitrogens with one attached hydrogen (secondary N) is 3. The fourth-order valence-corrected chi connectivity index (χ4v) is 5.08. The standard InChI is InChI=1S/C22H30N6O/c29-20-5-2-1-4-17(20)18-12-19-21(27-26-18)24-14-22(25-19)8-3-11-28(15-22)13-16-6-9-23-10-7-16/h1-2,4-5,12,16,23,25,29H,3,6-11,13-15H2,(H,24,27). The summed E-state index contributed by atoms with van der Waals surface area (Å²) in [5.41, 5.74) is 2.40. The molecule has 0 amide bonds. The summed E-state index contributed by atoms with van der Waals surface area (Å²) in [4.78, 5) is 2.65. The number of para-hydroxylation sites is 1. The Kier molecular flexibility index (Phi) is 5.01. The third-order valence-electron chi connectivity index (χ3n) is 6.60. The number of fused-ring (bicyclic) bond motifs is 1. The molecule has 0 saturated carbocycles. The number of hydrogen-bond acceptors (Lipinski definition) is 7. The number of benzene rings is 1. The van der Waals surface area contributed by atoms with E-state index < -0.39 is 0 Å². The second kappa shape index (κ2) is 7.80. The van der Waals surface area contributed by atoms with Gasteiger partial charge in [-0.2, -0.15) is 0 Å². The van der Waals surface area contributed by atoms with E-state index in [1.165, 1.54) is 32.4 Å². The molecule has 2 fully saturated rings. The number of aromatic hydroxyl groups is 1. The number of anilines is 2. The topological polar surface area (TPSA) is 85.3 Å². The first-order chi connectivity index (χ1) is 14.2. The van der Waals surface area contributed by atoms with E-state index in [0.29, 0.717) is 11.3 Å². The second-order valence-corrected chi connectivity index (χ2v) is 8.80. The van der Waals surface area contributed by atoms with Gasteiger partial charge in [-0.3, -0.25) is 0 Å². The highest BCUT2D eigenvalue weighted by Gasteiger charge is 2.39. The van der Waals surface area contributed by atoms with Crippen LogP contribution >= 0.6 is 0 Å². The maximum absolute atomic E-state index is 10.2. The minimum Gasteiger partial charge on any atom is -0.507 e.